The van der Waals surface area contributed by atoms with Gasteiger partial charge in [-0.25, -0.2) is 9.97 Å². The molecule has 0 atom stereocenters. The van der Waals surface area contributed by atoms with E-state index < -0.39 is 0 Å². The molecule has 6 nitrogen and oxygen atoms in total. The summed E-state index contributed by atoms with van der Waals surface area (Å²) in [6.45, 7) is 0. The van der Waals surface area contributed by atoms with Crippen LogP contribution in [0.2, 0.25) is 0 Å². The number of fused-ring (bicyclic) bond motifs is 5. The zero-order valence-corrected chi connectivity index (χ0v) is 24.5. The lowest BCUT2D eigenvalue weighted by molar-refractivity contribution is 0.253. The molecule has 1 fully saturated rings. The van der Waals surface area contributed by atoms with Crippen LogP contribution in [0.25, 0.3) is 39.6 Å². The lowest BCUT2D eigenvalue weighted by Gasteiger charge is -2.38. The van der Waals surface area contributed by atoms with Gasteiger partial charge in [0.05, 0.1) is 22.8 Å². The molecule has 4 aromatic carbocycles. The monoisotopic (exact) mass is 580 g/mol. The standard InChI is InChI=1S/C30H26N6.C6H6S/c31-22-14-10-19(11-15-22)26-27(20-8-12-21(13-9-20)30(32)16-4-17-30)36-25-7-3-18-33-28(25)34-24-6-2-1-5-23(24)29(36)35-26;7-6-4-2-1-3-5-6/h1-3,5-15,18H,4,16-17,31-32H2,(H,33,34);1-5,7H. The zero-order chi connectivity index (χ0) is 29.4. The summed E-state index contributed by atoms with van der Waals surface area (Å²) in [5.74, 6) is 1.66. The second kappa shape index (κ2) is 11.1. The SMILES string of the molecule is Nc1ccc(-c2nc3n(c2-c2ccc(C4(N)CCC4)cc2)-c2cccnc2Nc2ccccc2-3)cc1.Sc1ccccc1. The third-order valence-corrected chi connectivity index (χ3v) is 8.54. The van der Waals surface area contributed by atoms with Gasteiger partial charge in [-0.1, -0.05) is 66.7 Å². The molecule has 2 aliphatic rings. The summed E-state index contributed by atoms with van der Waals surface area (Å²) in [5.41, 5.74) is 21.3. The highest BCUT2D eigenvalue weighted by Crippen LogP contribution is 2.45. The number of nitrogen functional groups attached to an aromatic ring is 1. The third kappa shape index (κ3) is 5.07. The summed E-state index contributed by atoms with van der Waals surface area (Å²) < 4.78 is 2.23. The van der Waals surface area contributed by atoms with Gasteiger partial charge in [-0.15, -0.1) is 12.6 Å². The van der Waals surface area contributed by atoms with Crippen LogP contribution in [0.5, 0.6) is 0 Å². The van der Waals surface area contributed by atoms with Crippen molar-refractivity contribution in [1.82, 2.24) is 14.5 Å². The Hall–Kier alpha value is -4.85. The number of hydrogen-bond acceptors (Lipinski definition) is 6. The van der Waals surface area contributed by atoms with Gasteiger partial charge >= 0.3 is 0 Å². The number of anilines is 3. The molecule has 1 saturated carbocycles. The fourth-order valence-corrected chi connectivity index (χ4v) is 5.94. The van der Waals surface area contributed by atoms with Crippen molar-refractivity contribution in [2.45, 2.75) is 29.7 Å². The van der Waals surface area contributed by atoms with E-state index >= 15 is 0 Å². The van der Waals surface area contributed by atoms with Crippen LogP contribution in [0.15, 0.2) is 126 Å². The number of nitrogens with one attached hydrogen (secondary N) is 1. The first-order valence-corrected chi connectivity index (χ1v) is 14.9. The molecular weight excluding hydrogens is 549 g/mol. The van der Waals surface area contributed by atoms with Gasteiger partial charge in [-0.05, 0) is 73.4 Å². The van der Waals surface area contributed by atoms with E-state index in [2.05, 4.69) is 70.0 Å². The molecule has 43 heavy (non-hydrogen) atoms. The van der Waals surface area contributed by atoms with Gasteiger partial charge in [0, 0.05) is 39.0 Å². The molecule has 1 aliphatic heterocycles. The Labute approximate surface area is 256 Å². The topological polar surface area (TPSA) is 94.8 Å². The van der Waals surface area contributed by atoms with E-state index in [9.17, 15) is 0 Å². The Morgan fingerprint density at radius 3 is 2.14 bits per heavy atom. The van der Waals surface area contributed by atoms with Gasteiger partial charge in [-0.2, -0.15) is 0 Å². The van der Waals surface area contributed by atoms with Crippen LogP contribution < -0.4 is 16.8 Å². The predicted molar refractivity (Wildman–Crippen MR) is 179 cm³/mol. The van der Waals surface area contributed by atoms with Crippen molar-refractivity contribution in [1.29, 1.82) is 0 Å². The van der Waals surface area contributed by atoms with E-state index in [1.54, 1.807) is 0 Å². The maximum atomic E-state index is 6.63. The van der Waals surface area contributed by atoms with Crippen molar-refractivity contribution in [3.8, 4) is 39.6 Å². The smallest absolute Gasteiger partial charge is 0.154 e. The molecule has 0 spiro atoms. The van der Waals surface area contributed by atoms with Gasteiger partial charge in [0.1, 0.15) is 5.82 Å². The van der Waals surface area contributed by atoms with Gasteiger partial charge in [0.2, 0.25) is 0 Å². The molecule has 8 rings (SSSR count). The number of hydrogen-bond donors (Lipinski definition) is 4. The molecule has 2 aromatic heterocycles. The molecule has 1 aliphatic carbocycles. The van der Waals surface area contributed by atoms with Gasteiger partial charge in [-0.3, -0.25) is 4.57 Å². The van der Waals surface area contributed by atoms with Crippen molar-refractivity contribution in [3.05, 3.63) is 127 Å². The van der Waals surface area contributed by atoms with E-state index in [0.29, 0.717) is 0 Å². The normalized spacial score (nSPS) is 14.0. The minimum Gasteiger partial charge on any atom is -0.399 e. The van der Waals surface area contributed by atoms with Crippen LogP contribution in [0.3, 0.4) is 0 Å². The van der Waals surface area contributed by atoms with Crippen LogP contribution in [0.4, 0.5) is 17.2 Å². The Kier molecular flexibility index (Phi) is 6.97. The first-order chi connectivity index (χ1) is 21.0. The molecule has 0 saturated heterocycles. The van der Waals surface area contributed by atoms with Gasteiger partial charge in [0.15, 0.2) is 5.82 Å². The van der Waals surface area contributed by atoms with E-state index in [0.717, 1.165) is 74.5 Å². The molecule has 0 amide bonds. The molecule has 7 heteroatoms. The van der Waals surface area contributed by atoms with Crippen molar-refractivity contribution >= 4 is 29.8 Å². The first-order valence-electron chi connectivity index (χ1n) is 14.4. The lowest BCUT2D eigenvalue weighted by Crippen LogP contribution is -2.43. The highest BCUT2D eigenvalue weighted by molar-refractivity contribution is 7.80. The fourth-order valence-electron chi connectivity index (χ4n) is 5.77. The van der Waals surface area contributed by atoms with Crippen LogP contribution in [0.1, 0.15) is 24.8 Å². The maximum absolute atomic E-state index is 6.63. The number of benzene rings is 4. The number of pyridine rings is 1. The Bertz CT molecular complexity index is 1890. The Balaban J connectivity index is 0.000000379. The number of thiol groups is 1. The summed E-state index contributed by atoms with van der Waals surface area (Å²) in [4.78, 5) is 10.9. The van der Waals surface area contributed by atoms with Crippen LogP contribution in [0, 0.1) is 0 Å². The maximum Gasteiger partial charge on any atom is 0.154 e. The molecule has 0 radical (unpaired) electrons. The van der Waals surface area contributed by atoms with Crippen molar-refractivity contribution < 1.29 is 0 Å². The lowest BCUT2D eigenvalue weighted by atomic mass is 9.72. The highest BCUT2D eigenvalue weighted by atomic mass is 32.1. The minimum atomic E-state index is -0.202. The van der Waals surface area contributed by atoms with Crippen molar-refractivity contribution in [3.63, 3.8) is 0 Å². The summed E-state index contributed by atoms with van der Waals surface area (Å²) in [6, 6.07) is 38.7. The first kappa shape index (κ1) is 27.0. The number of rotatable bonds is 3. The number of imidazole rings is 1. The molecule has 3 heterocycles. The second-order valence-electron chi connectivity index (χ2n) is 11.1. The number of nitrogens with two attached hydrogens (primary N) is 2. The molecule has 5 N–H and O–H groups in total. The van der Waals surface area contributed by atoms with Crippen LogP contribution in [-0.4, -0.2) is 14.5 Å². The van der Waals surface area contributed by atoms with E-state index in [-0.39, 0.29) is 5.54 Å². The second-order valence-corrected chi connectivity index (χ2v) is 11.6. The summed E-state index contributed by atoms with van der Waals surface area (Å²) in [6.07, 6.45) is 5.07. The van der Waals surface area contributed by atoms with Crippen molar-refractivity contribution in [2.75, 3.05) is 11.1 Å². The van der Waals surface area contributed by atoms with E-state index in [1.165, 1.54) is 12.0 Å². The zero-order valence-electron chi connectivity index (χ0n) is 23.6. The summed E-state index contributed by atoms with van der Waals surface area (Å²) >= 11 is 4.08. The quantitative estimate of drug-likeness (QED) is 0.125. The summed E-state index contributed by atoms with van der Waals surface area (Å²) in [7, 11) is 0. The Morgan fingerprint density at radius 1 is 0.767 bits per heavy atom. The fraction of sp³-hybridized carbons (Fsp3) is 0.111. The molecular formula is C36H32N6S. The van der Waals surface area contributed by atoms with Gasteiger partial charge < -0.3 is 16.8 Å². The van der Waals surface area contributed by atoms with Gasteiger partial charge in [0.25, 0.3) is 0 Å². The number of para-hydroxylation sites is 1. The van der Waals surface area contributed by atoms with E-state index in [1.807, 2.05) is 79.0 Å². The molecule has 6 aromatic rings. The third-order valence-electron chi connectivity index (χ3n) is 8.25. The largest absolute Gasteiger partial charge is 0.399 e. The van der Waals surface area contributed by atoms with Crippen LogP contribution in [-0.2, 0) is 5.54 Å². The Morgan fingerprint density at radius 2 is 1.47 bits per heavy atom. The average molecular weight is 581 g/mol. The summed E-state index contributed by atoms with van der Waals surface area (Å²) in [5, 5.41) is 3.52. The van der Waals surface area contributed by atoms with Crippen LogP contribution >= 0.6 is 12.6 Å². The van der Waals surface area contributed by atoms with Crippen molar-refractivity contribution in [2.24, 2.45) is 5.73 Å². The van der Waals surface area contributed by atoms with E-state index in [4.69, 9.17) is 16.5 Å². The highest BCUT2D eigenvalue weighted by Gasteiger charge is 2.34. The molecule has 212 valence electrons. The number of aromatic nitrogens is 3. The number of nitrogens with zero attached hydrogens (tertiary/aromatic N) is 3. The molecule has 0 bridgehead atoms. The predicted octanol–water partition coefficient (Wildman–Crippen LogP) is 8.22. The minimum absolute atomic E-state index is 0.202. The average Bonchev–Trinajstić information content (AvgIpc) is 3.35. The molecule has 0 unspecified atom stereocenters.